The molecule has 2 aliphatic rings. The van der Waals surface area contributed by atoms with Crippen LogP contribution in [0.15, 0.2) is 36.4 Å². The van der Waals surface area contributed by atoms with Crippen LogP contribution in [0, 0.1) is 5.82 Å². The summed E-state index contributed by atoms with van der Waals surface area (Å²) in [5, 5.41) is 2.61. The van der Waals surface area contributed by atoms with Gasteiger partial charge in [-0.15, -0.1) is 0 Å². The molecule has 2 heterocycles. The van der Waals surface area contributed by atoms with Crippen molar-refractivity contribution >= 4 is 29.0 Å². The zero-order valence-corrected chi connectivity index (χ0v) is 19.5. The lowest BCUT2D eigenvalue weighted by Gasteiger charge is -2.37. The largest absolute Gasteiger partial charge is 0.378 e. The molecule has 2 aliphatic heterocycles. The number of hydrogen-bond acceptors (Lipinski definition) is 6. The van der Waals surface area contributed by atoms with E-state index in [9.17, 15) is 18.8 Å². The fourth-order valence-electron chi connectivity index (χ4n) is 4.38. The predicted molar refractivity (Wildman–Crippen MR) is 127 cm³/mol. The van der Waals surface area contributed by atoms with E-state index in [1.54, 1.807) is 36.2 Å². The van der Waals surface area contributed by atoms with Crippen LogP contribution in [-0.2, 0) is 4.74 Å². The van der Waals surface area contributed by atoms with Crippen LogP contribution in [0.4, 0.5) is 15.8 Å². The van der Waals surface area contributed by atoms with E-state index in [0.29, 0.717) is 74.9 Å². The normalized spacial score (nSPS) is 16.4. The lowest BCUT2D eigenvalue weighted by molar-refractivity contribution is 0.0745. The van der Waals surface area contributed by atoms with Gasteiger partial charge in [0.05, 0.1) is 24.5 Å². The van der Waals surface area contributed by atoms with Crippen molar-refractivity contribution in [2.45, 2.75) is 6.92 Å². The number of hydrogen-bond donors (Lipinski definition) is 1. The number of morpholine rings is 1. The molecule has 180 valence electrons. The third-order valence-electron chi connectivity index (χ3n) is 6.33. The summed E-state index contributed by atoms with van der Waals surface area (Å²) in [5.41, 5.74) is 2.45. The zero-order valence-electron chi connectivity index (χ0n) is 19.5. The van der Waals surface area contributed by atoms with Gasteiger partial charge in [-0.2, -0.15) is 0 Å². The Morgan fingerprint density at radius 2 is 1.47 bits per heavy atom. The quantitative estimate of drug-likeness (QED) is 0.678. The van der Waals surface area contributed by atoms with Crippen molar-refractivity contribution in [3.05, 3.63) is 58.9 Å². The SMILES string of the molecule is CNC(=O)c1ccc(N2CCOCC2)c(C(=O)N2CCN(c3ccc(C(C)=O)cc3F)CC2)c1. The molecule has 0 aromatic heterocycles. The minimum atomic E-state index is -0.444. The molecule has 8 nitrogen and oxygen atoms in total. The smallest absolute Gasteiger partial charge is 0.256 e. The first-order valence-corrected chi connectivity index (χ1v) is 11.4. The Labute approximate surface area is 198 Å². The van der Waals surface area contributed by atoms with Crippen molar-refractivity contribution in [3.8, 4) is 0 Å². The number of rotatable bonds is 5. The minimum Gasteiger partial charge on any atom is -0.378 e. The number of nitrogens with zero attached hydrogens (tertiary/aromatic N) is 3. The number of ketones is 1. The number of carbonyl (C=O) groups excluding carboxylic acids is 3. The van der Waals surface area contributed by atoms with Crippen LogP contribution >= 0.6 is 0 Å². The lowest BCUT2D eigenvalue weighted by atomic mass is 10.0. The summed E-state index contributed by atoms with van der Waals surface area (Å²) >= 11 is 0. The molecule has 34 heavy (non-hydrogen) atoms. The van der Waals surface area contributed by atoms with E-state index in [4.69, 9.17) is 4.74 Å². The van der Waals surface area contributed by atoms with Crippen LogP contribution in [0.1, 0.15) is 38.0 Å². The molecule has 4 rings (SSSR count). The van der Waals surface area contributed by atoms with E-state index >= 15 is 0 Å². The van der Waals surface area contributed by atoms with Gasteiger partial charge in [0.25, 0.3) is 11.8 Å². The van der Waals surface area contributed by atoms with Crippen molar-refractivity contribution in [2.75, 3.05) is 69.3 Å². The van der Waals surface area contributed by atoms with Gasteiger partial charge in [-0.1, -0.05) is 0 Å². The Bertz CT molecular complexity index is 1090. The molecule has 0 bridgehead atoms. The van der Waals surface area contributed by atoms with Gasteiger partial charge in [-0.05, 0) is 43.3 Å². The van der Waals surface area contributed by atoms with E-state index in [2.05, 4.69) is 10.2 Å². The maximum absolute atomic E-state index is 14.6. The topological polar surface area (TPSA) is 82.2 Å². The van der Waals surface area contributed by atoms with Gasteiger partial charge in [0.2, 0.25) is 0 Å². The van der Waals surface area contributed by atoms with E-state index in [-0.39, 0.29) is 17.6 Å². The van der Waals surface area contributed by atoms with Crippen molar-refractivity contribution in [2.24, 2.45) is 0 Å². The average molecular weight is 469 g/mol. The number of nitrogens with one attached hydrogen (secondary N) is 1. The van der Waals surface area contributed by atoms with Gasteiger partial charge in [-0.25, -0.2) is 4.39 Å². The van der Waals surface area contributed by atoms with Crippen LogP contribution in [-0.4, -0.2) is 82.0 Å². The Morgan fingerprint density at radius 1 is 0.853 bits per heavy atom. The number of halogens is 1. The summed E-state index contributed by atoms with van der Waals surface area (Å²) in [4.78, 5) is 43.0. The molecule has 2 amide bonds. The molecule has 1 N–H and O–H groups in total. The fraction of sp³-hybridized carbons (Fsp3) is 0.400. The molecule has 0 saturated carbocycles. The number of benzene rings is 2. The van der Waals surface area contributed by atoms with Crippen LogP contribution in [0.2, 0.25) is 0 Å². The molecule has 2 fully saturated rings. The first kappa shape index (κ1) is 23.7. The number of piperazine rings is 1. The van der Waals surface area contributed by atoms with Gasteiger partial charge >= 0.3 is 0 Å². The monoisotopic (exact) mass is 468 g/mol. The van der Waals surface area contributed by atoms with E-state index in [1.807, 2.05) is 11.0 Å². The molecule has 2 saturated heterocycles. The molecule has 9 heteroatoms. The second-order valence-corrected chi connectivity index (χ2v) is 8.41. The van der Waals surface area contributed by atoms with Crippen LogP contribution in [0.3, 0.4) is 0 Å². The third-order valence-corrected chi connectivity index (χ3v) is 6.33. The number of ether oxygens (including phenoxy) is 1. The van der Waals surface area contributed by atoms with Crippen LogP contribution in [0.25, 0.3) is 0 Å². The predicted octanol–water partition coefficient (Wildman–Crippen LogP) is 2.19. The molecule has 0 radical (unpaired) electrons. The minimum absolute atomic E-state index is 0.153. The standard InChI is InChI=1S/C25H29FN4O4/c1-17(31)18-3-6-23(21(26)16-18)28-7-9-30(10-8-28)25(33)20-15-19(24(32)27-2)4-5-22(20)29-11-13-34-14-12-29/h3-6,15-16H,7-14H2,1-2H3,(H,27,32). The summed E-state index contributed by atoms with van der Waals surface area (Å²) in [7, 11) is 1.56. The van der Waals surface area contributed by atoms with E-state index < -0.39 is 5.82 Å². The maximum Gasteiger partial charge on any atom is 0.256 e. The highest BCUT2D eigenvalue weighted by molar-refractivity contribution is 6.03. The van der Waals surface area contributed by atoms with E-state index in [1.165, 1.54) is 13.0 Å². The number of carbonyl (C=O) groups is 3. The first-order chi connectivity index (χ1) is 16.4. The second-order valence-electron chi connectivity index (χ2n) is 8.41. The maximum atomic E-state index is 14.6. The average Bonchev–Trinajstić information content (AvgIpc) is 2.88. The molecular formula is C25H29FN4O4. The highest BCUT2D eigenvalue weighted by atomic mass is 19.1. The Hall–Kier alpha value is -3.46. The highest BCUT2D eigenvalue weighted by Gasteiger charge is 2.28. The zero-order chi connectivity index (χ0) is 24.2. The van der Waals surface area contributed by atoms with Gasteiger partial charge in [0.1, 0.15) is 5.82 Å². The van der Waals surface area contributed by atoms with Gasteiger partial charge in [0.15, 0.2) is 5.78 Å². The van der Waals surface area contributed by atoms with Crippen LogP contribution in [0.5, 0.6) is 0 Å². The first-order valence-electron chi connectivity index (χ1n) is 11.4. The lowest BCUT2D eigenvalue weighted by Crippen LogP contribution is -2.49. The molecule has 0 aliphatic carbocycles. The third kappa shape index (κ3) is 4.89. The summed E-state index contributed by atoms with van der Waals surface area (Å²) in [6.07, 6.45) is 0. The van der Waals surface area contributed by atoms with Gasteiger partial charge in [-0.3, -0.25) is 14.4 Å². The Morgan fingerprint density at radius 3 is 2.09 bits per heavy atom. The molecule has 2 aromatic rings. The highest BCUT2D eigenvalue weighted by Crippen LogP contribution is 2.27. The summed E-state index contributed by atoms with van der Waals surface area (Å²) < 4.78 is 20.0. The Balaban J connectivity index is 1.53. The van der Waals surface area contributed by atoms with Crippen molar-refractivity contribution in [1.29, 1.82) is 0 Å². The molecule has 0 spiro atoms. The summed E-state index contributed by atoms with van der Waals surface area (Å²) in [6.45, 7) is 5.66. The number of amides is 2. The molecule has 2 aromatic carbocycles. The number of Topliss-reactive ketones (excluding diaryl/α,β-unsaturated/α-hetero) is 1. The summed E-state index contributed by atoms with van der Waals surface area (Å²) in [5.74, 6) is -1.03. The van der Waals surface area contributed by atoms with Crippen molar-refractivity contribution in [3.63, 3.8) is 0 Å². The summed E-state index contributed by atoms with van der Waals surface area (Å²) in [6, 6.07) is 9.70. The Kier molecular flexibility index (Phi) is 7.12. The van der Waals surface area contributed by atoms with E-state index in [0.717, 1.165) is 5.69 Å². The molecule has 0 atom stereocenters. The fourth-order valence-corrected chi connectivity index (χ4v) is 4.38. The van der Waals surface area contributed by atoms with Gasteiger partial charge in [0, 0.05) is 63.1 Å². The number of anilines is 2. The van der Waals surface area contributed by atoms with Crippen molar-refractivity contribution in [1.82, 2.24) is 10.2 Å². The second kappa shape index (κ2) is 10.2. The van der Waals surface area contributed by atoms with Gasteiger partial charge < -0.3 is 24.8 Å². The molecule has 0 unspecified atom stereocenters. The molecular weight excluding hydrogens is 439 g/mol. The van der Waals surface area contributed by atoms with Crippen molar-refractivity contribution < 1.29 is 23.5 Å². The van der Waals surface area contributed by atoms with Crippen LogP contribution < -0.4 is 15.1 Å².